The van der Waals surface area contributed by atoms with Gasteiger partial charge in [-0.2, -0.15) is 0 Å². The number of benzene rings is 1. The fourth-order valence-corrected chi connectivity index (χ4v) is 2.68. The van der Waals surface area contributed by atoms with Gasteiger partial charge in [0.2, 0.25) is 0 Å². The van der Waals surface area contributed by atoms with Crippen molar-refractivity contribution in [3.8, 4) is 0 Å². The number of nitrogens with two attached hydrogens (primary N) is 1. The maximum Gasteiger partial charge on any atom is 0.0314 e. The lowest BCUT2D eigenvalue weighted by Gasteiger charge is -2.33. The Hall–Kier alpha value is -1.02. The number of likely N-dealkylation sites (tertiary alicyclic amines) is 1. The molecule has 2 N–H and O–H groups in total. The molecule has 0 spiro atoms. The molecule has 0 saturated carbocycles. The molecule has 1 saturated heterocycles. The molecular formula is C15H24N2. The third-order valence-electron chi connectivity index (χ3n) is 3.74. The van der Waals surface area contributed by atoms with E-state index in [4.69, 9.17) is 5.73 Å². The standard InChI is InChI=1S/C15H24N2/c1-2-3-10-17-11-4-5-14(12-17)13-6-8-15(16)9-7-13/h6-9,14H,2-5,10-12,16H2,1H3. The van der Waals surface area contributed by atoms with Gasteiger partial charge >= 0.3 is 0 Å². The number of anilines is 1. The van der Waals surface area contributed by atoms with E-state index in [1.165, 1.54) is 50.9 Å². The Balaban J connectivity index is 1.94. The minimum atomic E-state index is 0.709. The molecule has 1 unspecified atom stereocenters. The molecule has 17 heavy (non-hydrogen) atoms. The summed E-state index contributed by atoms with van der Waals surface area (Å²) in [5, 5.41) is 0. The first-order valence-corrected chi connectivity index (χ1v) is 6.87. The van der Waals surface area contributed by atoms with E-state index in [0.717, 1.165) is 5.69 Å². The van der Waals surface area contributed by atoms with Crippen molar-refractivity contribution < 1.29 is 0 Å². The number of hydrogen-bond acceptors (Lipinski definition) is 2. The van der Waals surface area contributed by atoms with Gasteiger partial charge in [-0.1, -0.05) is 25.5 Å². The summed E-state index contributed by atoms with van der Waals surface area (Å²) in [5.74, 6) is 0.709. The smallest absolute Gasteiger partial charge is 0.0314 e. The first-order chi connectivity index (χ1) is 8.29. The number of rotatable bonds is 4. The van der Waals surface area contributed by atoms with E-state index in [2.05, 4.69) is 24.0 Å². The minimum absolute atomic E-state index is 0.709. The van der Waals surface area contributed by atoms with Crippen LogP contribution < -0.4 is 5.73 Å². The lowest BCUT2D eigenvalue weighted by Crippen LogP contribution is -2.35. The number of nitrogens with zero attached hydrogens (tertiary/aromatic N) is 1. The quantitative estimate of drug-likeness (QED) is 0.807. The molecule has 2 rings (SSSR count). The molecular weight excluding hydrogens is 208 g/mol. The summed E-state index contributed by atoms with van der Waals surface area (Å²) < 4.78 is 0. The van der Waals surface area contributed by atoms with Crippen molar-refractivity contribution in [3.05, 3.63) is 29.8 Å². The van der Waals surface area contributed by atoms with E-state index in [-0.39, 0.29) is 0 Å². The Labute approximate surface area is 105 Å². The highest BCUT2D eigenvalue weighted by Crippen LogP contribution is 2.27. The van der Waals surface area contributed by atoms with Crippen LogP contribution in [-0.2, 0) is 0 Å². The molecule has 1 aliphatic heterocycles. The van der Waals surface area contributed by atoms with E-state index >= 15 is 0 Å². The Kier molecular flexibility index (Phi) is 4.43. The predicted octanol–water partition coefficient (Wildman–Crippen LogP) is 3.25. The van der Waals surface area contributed by atoms with Crippen LogP contribution in [-0.4, -0.2) is 24.5 Å². The minimum Gasteiger partial charge on any atom is -0.399 e. The Bertz CT molecular complexity index is 331. The zero-order chi connectivity index (χ0) is 12.1. The molecule has 1 aromatic carbocycles. The second-order valence-electron chi connectivity index (χ2n) is 5.16. The molecule has 1 aliphatic rings. The van der Waals surface area contributed by atoms with Crippen LogP contribution in [0.4, 0.5) is 5.69 Å². The topological polar surface area (TPSA) is 29.3 Å². The average Bonchev–Trinajstić information content (AvgIpc) is 2.37. The fraction of sp³-hybridized carbons (Fsp3) is 0.600. The van der Waals surface area contributed by atoms with E-state index in [9.17, 15) is 0 Å². The maximum atomic E-state index is 5.74. The molecule has 1 heterocycles. The number of unbranched alkanes of at least 4 members (excludes halogenated alkanes) is 1. The highest BCUT2D eigenvalue weighted by atomic mass is 15.1. The predicted molar refractivity (Wildman–Crippen MR) is 74.2 cm³/mol. The van der Waals surface area contributed by atoms with Gasteiger partial charge in [0.05, 0.1) is 0 Å². The van der Waals surface area contributed by atoms with Crippen molar-refractivity contribution in [2.75, 3.05) is 25.4 Å². The van der Waals surface area contributed by atoms with Gasteiger partial charge in [-0.05, 0) is 56.0 Å². The summed E-state index contributed by atoms with van der Waals surface area (Å²) in [7, 11) is 0. The van der Waals surface area contributed by atoms with Gasteiger partial charge in [-0.25, -0.2) is 0 Å². The van der Waals surface area contributed by atoms with Crippen LogP contribution in [0.1, 0.15) is 44.1 Å². The Morgan fingerprint density at radius 3 is 2.76 bits per heavy atom. The van der Waals surface area contributed by atoms with Crippen molar-refractivity contribution in [3.63, 3.8) is 0 Å². The van der Waals surface area contributed by atoms with Gasteiger partial charge in [0.1, 0.15) is 0 Å². The van der Waals surface area contributed by atoms with Gasteiger partial charge in [-0.15, -0.1) is 0 Å². The van der Waals surface area contributed by atoms with Crippen LogP contribution in [0.3, 0.4) is 0 Å². The summed E-state index contributed by atoms with van der Waals surface area (Å²) in [6.45, 7) is 6.04. The summed E-state index contributed by atoms with van der Waals surface area (Å²) in [5.41, 5.74) is 8.07. The normalized spacial score (nSPS) is 21.6. The van der Waals surface area contributed by atoms with Crippen molar-refractivity contribution >= 4 is 5.69 Å². The highest BCUT2D eigenvalue weighted by molar-refractivity contribution is 5.40. The molecule has 0 aromatic heterocycles. The molecule has 1 fully saturated rings. The van der Waals surface area contributed by atoms with Gasteiger partial charge in [0, 0.05) is 12.2 Å². The van der Waals surface area contributed by atoms with E-state index in [1.54, 1.807) is 0 Å². The van der Waals surface area contributed by atoms with Crippen molar-refractivity contribution in [1.29, 1.82) is 0 Å². The lowest BCUT2D eigenvalue weighted by atomic mass is 9.90. The van der Waals surface area contributed by atoms with E-state index < -0.39 is 0 Å². The van der Waals surface area contributed by atoms with Crippen LogP contribution in [0.5, 0.6) is 0 Å². The zero-order valence-corrected chi connectivity index (χ0v) is 10.9. The average molecular weight is 232 g/mol. The Morgan fingerprint density at radius 1 is 1.29 bits per heavy atom. The van der Waals surface area contributed by atoms with Gasteiger partial charge < -0.3 is 10.6 Å². The van der Waals surface area contributed by atoms with Crippen LogP contribution in [0.2, 0.25) is 0 Å². The first kappa shape index (κ1) is 12.4. The number of nitrogen functional groups attached to an aromatic ring is 1. The van der Waals surface area contributed by atoms with Crippen LogP contribution in [0, 0.1) is 0 Å². The fourth-order valence-electron chi connectivity index (χ4n) is 2.68. The molecule has 1 atom stereocenters. The molecule has 94 valence electrons. The van der Waals surface area contributed by atoms with Gasteiger partial charge in [-0.3, -0.25) is 0 Å². The summed E-state index contributed by atoms with van der Waals surface area (Å²) >= 11 is 0. The molecule has 1 aromatic rings. The molecule has 0 amide bonds. The number of hydrogen-bond donors (Lipinski definition) is 1. The summed E-state index contributed by atoms with van der Waals surface area (Å²) in [4.78, 5) is 2.62. The summed E-state index contributed by atoms with van der Waals surface area (Å²) in [6.07, 6.45) is 5.28. The number of piperidine rings is 1. The lowest BCUT2D eigenvalue weighted by molar-refractivity contribution is 0.205. The second kappa shape index (κ2) is 6.06. The van der Waals surface area contributed by atoms with Crippen molar-refractivity contribution in [2.45, 2.75) is 38.5 Å². The third kappa shape index (κ3) is 3.47. The van der Waals surface area contributed by atoms with Crippen molar-refractivity contribution in [2.24, 2.45) is 0 Å². The molecule has 0 bridgehead atoms. The first-order valence-electron chi connectivity index (χ1n) is 6.87. The SMILES string of the molecule is CCCCN1CCCC(c2ccc(N)cc2)C1. The van der Waals surface area contributed by atoms with Gasteiger partial charge in [0.15, 0.2) is 0 Å². The van der Waals surface area contributed by atoms with Crippen LogP contribution >= 0.6 is 0 Å². The molecule has 0 aliphatic carbocycles. The van der Waals surface area contributed by atoms with E-state index in [0.29, 0.717) is 5.92 Å². The Morgan fingerprint density at radius 2 is 2.06 bits per heavy atom. The molecule has 2 heteroatoms. The van der Waals surface area contributed by atoms with Crippen molar-refractivity contribution in [1.82, 2.24) is 4.90 Å². The maximum absolute atomic E-state index is 5.74. The zero-order valence-electron chi connectivity index (χ0n) is 10.9. The van der Waals surface area contributed by atoms with E-state index in [1.807, 2.05) is 12.1 Å². The molecule has 0 radical (unpaired) electrons. The monoisotopic (exact) mass is 232 g/mol. The summed E-state index contributed by atoms with van der Waals surface area (Å²) in [6, 6.07) is 8.45. The highest BCUT2D eigenvalue weighted by Gasteiger charge is 2.20. The largest absolute Gasteiger partial charge is 0.399 e. The van der Waals surface area contributed by atoms with Gasteiger partial charge in [0.25, 0.3) is 0 Å². The third-order valence-corrected chi connectivity index (χ3v) is 3.74. The van der Waals surface area contributed by atoms with Crippen LogP contribution in [0.25, 0.3) is 0 Å². The molecule has 2 nitrogen and oxygen atoms in total. The van der Waals surface area contributed by atoms with Crippen LogP contribution in [0.15, 0.2) is 24.3 Å². The second-order valence-corrected chi connectivity index (χ2v) is 5.16.